The van der Waals surface area contributed by atoms with E-state index in [4.69, 9.17) is 10.5 Å². The first kappa shape index (κ1) is 13.6. The molecule has 0 saturated carbocycles. The molecule has 2 aromatic rings. The van der Waals surface area contributed by atoms with Crippen LogP contribution in [0.1, 0.15) is 16.0 Å². The highest BCUT2D eigenvalue weighted by Gasteiger charge is 2.08. The van der Waals surface area contributed by atoms with Gasteiger partial charge in [-0.15, -0.1) is 11.3 Å². The summed E-state index contributed by atoms with van der Waals surface area (Å²) in [7, 11) is 0. The van der Waals surface area contributed by atoms with Crippen LogP contribution >= 0.6 is 27.3 Å². The lowest BCUT2D eigenvalue weighted by Crippen LogP contribution is -2.07. The molecule has 0 saturated heterocycles. The Morgan fingerprint density at radius 3 is 2.89 bits per heavy atom. The lowest BCUT2D eigenvalue weighted by molar-refractivity contribution is 0.317. The van der Waals surface area contributed by atoms with E-state index in [9.17, 15) is 0 Å². The number of benzene rings is 1. The monoisotopic (exact) mass is 325 g/mol. The van der Waals surface area contributed by atoms with E-state index in [1.807, 2.05) is 13.0 Å². The van der Waals surface area contributed by atoms with Crippen molar-refractivity contribution in [2.45, 2.75) is 19.9 Å². The zero-order chi connectivity index (χ0) is 13.0. The fourth-order valence-corrected chi connectivity index (χ4v) is 3.18. The molecular weight excluding hydrogens is 310 g/mol. The molecule has 2 N–H and O–H groups in total. The van der Waals surface area contributed by atoms with E-state index in [0.717, 1.165) is 27.8 Å². The largest absolute Gasteiger partial charge is 0.493 e. The summed E-state index contributed by atoms with van der Waals surface area (Å²) in [6.45, 7) is 3.23. The molecule has 1 aromatic heterocycles. The van der Waals surface area contributed by atoms with Crippen LogP contribution in [0, 0.1) is 6.92 Å². The van der Waals surface area contributed by atoms with Gasteiger partial charge in [0.1, 0.15) is 5.75 Å². The average Bonchev–Trinajstić information content (AvgIpc) is 2.84. The Labute approximate surface area is 120 Å². The number of thiophene rings is 1. The second kappa shape index (κ2) is 6.36. The number of hydrogen-bond donors (Lipinski definition) is 1. The van der Waals surface area contributed by atoms with Gasteiger partial charge in [0.2, 0.25) is 0 Å². The van der Waals surface area contributed by atoms with Crippen LogP contribution in [-0.4, -0.2) is 6.61 Å². The van der Waals surface area contributed by atoms with E-state index in [-0.39, 0.29) is 0 Å². The first-order valence-electron chi connectivity index (χ1n) is 5.85. The molecule has 1 heterocycles. The minimum absolute atomic E-state index is 0.495. The van der Waals surface area contributed by atoms with Crippen molar-refractivity contribution in [2.75, 3.05) is 6.61 Å². The molecule has 2 rings (SSSR count). The van der Waals surface area contributed by atoms with Gasteiger partial charge in [0.05, 0.1) is 6.61 Å². The van der Waals surface area contributed by atoms with Crippen molar-refractivity contribution in [3.8, 4) is 5.75 Å². The summed E-state index contributed by atoms with van der Waals surface area (Å²) in [6, 6.07) is 8.27. The summed E-state index contributed by atoms with van der Waals surface area (Å²) in [4.78, 5) is 1.35. The van der Waals surface area contributed by atoms with Crippen LogP contribution in [0.3, 0.4) is 0 Å². The second-order valence-electron chi connectivity index (χ2n) is 4.09. The molecule has 0 unspecified atom stereocenters. The zero-order valence-corrected chi connectivity index (χ0v) is 12.7. The topological polar surface area (TPSA) is 35.2 Å². The summed E-state index contributed by atoms with van der Waals surface area (Å²) >= 11 is 5.24. The van der Waals surface area contributed by atoms with Crippen molar-refractivity contribution in [2.24, 2.45) is 5.73 Å². The van der Waals surface area contributed by atoms with Gasteiger partial charge >= 0.3 is 0 Å². The maximum Gasteiger partial charge on any atom is 0.126 e. The molecule has 0 aliphatic carbocycles. The Kier molecular flexibility index (Phi) is 4.80. The quantitative estimate of drug-likeness (QED) is 0.904. The first-order chi connectivity index (χ1) is 8.70. The molecule has 0 aliphatic heterocycles. The van der Waals surface area contributed by atoms with Crippen LogP contribution < -0.4 is 10.5 Å². The van der Waals surface area contributed by atoms with Crippen LogP contribution in [0.4, 0.5) is 0 Å². The smallest absolute Gasteiger partial charge is 0.126 e. The summed E-state index contributed by atoms with van der Waals surface area (Å²) in [5.74, 6) is 0.928. The predicted octanol–water partition coefficient (Wildman–Crippen LogP) is 3.90. The molecule has 1 aromatic carbocycles. The maximum absolute atomic E-state index is 5.89. The van der Waals surface area contributed by atoms with Crippen LogP contribution in [0.5, 0.6) is 5.75 Å². The summed E-state index contributed by atoms with van der Waals surface area (Å²) in [5.41, 5.74) is 7.93. The van der Waals surface area contributed by atoms with Crippen molar-refractivity contribution in [1.82, 2.24) is 0 Å². The fourth-order valence-electron chi connectivity index (χ4n) is 1.87. The van der Waals surface area contributed by atoms with E-state index in [0.29, 0.717) is 13.2 Å². The minimum atomic E-state index is 0.495. The van der Waals surface area contributed by atoms with Gasteiger partial charge in [-0.2, -0.15) is 0 Å². The highest BCUT2D eigenvalue weighted by Crippen LogP contribution is 2.28. The van der Waals surface area contributed by atoms with Crippen LogP contribution in [0.2, 0.25) is 0 Å². The molecular formula is C14H16BrNOS. The van der Waals surface area contributed by atoms with Gasteiger partial charge in [0, 0.05) is 27.9 Å². The van der Waals surface area contributed by atoms with Crippen molar-refractivity contribution in [1.29, 1.82) is 0 Å². The van der Waals surface area contributed by atoms with E-state index < -0.39 is 0 Å². The van der Waals surface area contributed by atoms with Gasteiger partial charge < -0.3 is 10.5 Å². The van der Waals surface area contributed by atoms with E-state index >= 15 is 0 Å². The molecule has 18 heavy (non-hydrogen) atoms. The van der Waals surface area contributed by atoms with Crippen LogP contribution in [-0.2, 0) is 13.0 Å². The van der Waals surface area contributed by atoms with Crippen molar-refractivity contribution < 1.29 is 4.74 Å². The van der Waals surface area contributed by atoms with Crippen LogP contribution in [0.25, 0.3) is 0 Å². The van der Waals surface area contributed by atoms with Crippen LogP contribution in [0.15, 0.2) is 34.1 Å². The van der Waals surface area contributed by atoms with Gasteiger partial charge in [-0.05, 0) is 36.1 Å². The van der Waals surface area contributed by atoms with Gasteiger partial charge in [0.25, 0.3) is 0 Å². The minimum Gasteiger partial charge on any atom is -0.493 e. The zero-order valence-electron chi connectivity index (χ0n) is 10.3. The number of ether oxygens (including phenoxy) is 1. The molecule has 0 atom stereocenters. The van der Waals surface area contributed by atoms with Crippen molar-refractivity contribution in [3.63, 3.8) is 0 Å². The molecule has 0 fully saturated rings. The summed E-state index contributed by atoms with van der Waals surface area (Å²) in [6.07, 6.45) is 0.942. The highest BCUT2D eigenvalue weighted by molar-refractivity contribution is 9.10. The predicted molar refractivity (Wildman–Crippen MR) is 80.3 cm³/mol. The molecule has 96 valence electrons. The van der Waals surface area contributed by atoms with Crippen molar-refractivity contribution >= 4 is 27.3 Å². The normalized spacial score (nSPS) is 10.6. The van der Waals surface area contributed by atoms with E-state index in [1.165, 1.54) is 4.88 Å². The molecule has 0 bridgehead atoms. The Morgan fingerprint density at radius 2 is 2.22 bits per heavy atom. The molecule has 0 spiro atoms. The Bertz CT molecular complexity index is 511. The first-order valence-corrected chi connectivity index (χ1v) is 7.52. The molecule has 4 heteroatoms. The highest BCUT2D eigenvalue weighted by atomic mass is 79.9. The van der Waals surface area contributed by atoms with Crippen molar-refractivity contribution in [3.05, 3.63) is 50.1 Å². The summed E-state index contributed by atoms with van der Waals surface area (Å²) in [5, 5.41) is 2.09. The third kappa shape index (κ3) is 3.34. The molecule has 0 amide bonds. The Balaban J connectivity index is 2.04. The lowest BCUT2D eigenvalue weighted by atomic mass is 10.1. The Morgan fingerprint density at radius 1 is 1.39 bits per heavy atom. The Hall–Kier alpha value is -0.840. The molecule has 2 nitrogen and oxygen atoms in total. The standard InChI is InChI=1S/C14H16BrNOS/c1-10-7-12(15)8-11(9-16)14(10)17-5-4-13-3-2-6-18-13/h2-3,6-8H,4-5,9,16H2,1H3. The SMILES string of the molecule is Cc1cc(Br)cc(CN)c1OCCc1cccs1. The molecule has 0 radical (unpaired) electrons. The van der Waals surface area contributed by atoms with E-state index in [2.05, 4.69) is 39.5 Å². The van der Waals surface area contributed by atoms with E-state index in [1.54, 1.807) is 11.3 Å². The van der Waals surface area contributed by atoms with Gasteiger partial charge in [-0.3, -0.25) is 0 Å². The number of nitrogens with two attached hydrogens (primary N) is 1. The van der Waals surface area contributed by atoms with Gasteiger partial charge in [-0.1, -0.05) is 22.0 Å². The number of hydrogen-bond acceptors (Lipinski definition) is 3. The lowest BCUT2D eigenvalue weighted by Gasteiger charge is -2.13. The third-order valence-corrected chi connectivity index (χ3v) is 4.11. The number of rotatable bonds is 5. The maximum atomic E-state index is 5.89. The van der Waals surface area contributed by atoms with Gasteiger partial charge in [-0.25, -0.2) is 0 Å². The van der Waals surface area contributed by atoms with Gasteiger partial charge in [0.15, 0.2) is 0 Å². The average molecular weight is 326 g/mol. The number of halogens is 1. The summed E-state index contributed by atoms with van der Waals surface area (Å²) < 4.78 is 6.94. The second-order valence-corrected chi connectivity index (χ2v) is 6.04. The number of aryl methyl sites for hydroxylation is 1. The third-order valence-electron chi connectivity index (χ3n) is 2.71. The molecule has 0 aliphatic rings. The fraction of sp³-hybridized carbons (Fsp3) is 0.286.